The van der Waals surface area contributed by atoms with Crippen molar-refractivity contribution in [2.75, 3.05) is 12.4 Å². The molecule has 0 saturated heterocycles. The first-order valence-corrected chi connectivity index (χ1v) is 6.37. The number of nitriles is 2. The van der Waals surface area contributed by atoms with E-state index in [0.29, 0.717) is 16.8 Å². The Bertz CT molecular complexity index is 640. The highest BCUT2D eigenvalue weighted by Crippen LogP contribution is 2.18. The van der Waals surface area contributed by atoms with Crippen LogP contribution in [0.2, 0.25) is 0 Å². The molecule has 1 N–H and O–H groups in total. The second-order valence-corrected chi connectivity index (χ2v) is 4.69. The molecule has 21 heavy (non-hydrogen) atoms. The van der Waals surface area contributed by atoms with E-state index >= 15 is 0 Å². The molecule has 108 valence electrons. The van der Waals surface area contributed by atoms with Crippen molar-refractivity contribution in [2.24, 2.45) is 0 Å². The van der Waals surface area contributed by atoms with Gasteiger partial charge in [0, 0.05) is 13.1 Å². The quantitative estimate of drug-likeness (QED) is 0.852. The maximum absolute atomic E-state index is 12.0. The van der Waals surface area contributed by atoms with Gasteiger partial charge in [0.2, 0.25) is 0 Å². The predicted octanol–water partition coefficient (Wildman–Crippen LogP) is 1.57. The number of benzene rings is 1. The third kappa shape index (κ3) is 3.80. The number of hydrogen-bond acceptors (Lipinski definition) is 4. The van der Waals surface area contributed by atoms with E-state index in [9.17, 15) is 9.59 Å². The standard InChI is InChI=1S/C15H16N4O2/c1-10-5-4-6-13(12(10)9-17)18-14(20)15(21)19(3)11(2)7-8-16/h4-6,11H,7H2,1-3H3,(H,18,20)/t11-/m0/s1. The predicted molar refractivity (Wildman–Crippen MR) is 77.0 cm³/mol. The zero-order chi connectivity index (χ0) is 16.0. The summed E-state index contributed by atoms with van der Waals surface area (Å²) in [4.78, 5) is 25.1. The van der Waals surface area contributed by atoms with Gasteiger partial charge in [0.25, 0.3) is 0 Å². The number of carbonyl (C=O) groups excluding carboxylic acids is 2. The van der Waals surface area contributed by atoms with E-state index in [0.717, 1.165) is 0 Å². The highest BCUT2D eigenvalue weighted by molar-refractivity contribution is 6.39. The lowest BCUT2D eigenvalue weighted by Gasteiger charge is -2.22. The van der Waals surface area contributed by atoms with Crippen LogP contribution in [0.3, 0.4) is 0 Å². The molecule has 0 spiro atoms. The minimum Gasteiger partial charge on any atom is -0.334 e. The molecule has 0 heterocycles. The molecule has 0 aromatic heterocycles. The lowest BCUT2D eigenvalue weighted by atomic mass is 10.1. The second kappa shape index (κ2) is 7.06. The van der Waals surface area contributed by atoms with Crippen LogP contribution < -0.4 is 5.32 Å². The van der Waals surface area contributed by atoms with E-state index in [1.807, 2.05) is 12.1 Å². The number of nitrogens with zero attached hydrogens (tertiary/aromatic N) is 3. The van der Waals surface area contributed by atoms with Crippen molar-refractivity contribution in [3.8, 4) is 12.1 Å². The molecular weight excluding hydrogens is 268 g/mol. The fourth-order valence-corrected chi connectivity index (χ4v) is 1.73. The van der Waals surface area contributed by atoms with Crippen LogP contribution in [0.1, 0.15) is 24.5 Å². The summed E-state index contributed by atoms with van der Waals surface area (Å²) in [6.45, 7) is 3.43. The molecule has 0 radical (unpaired) electrons. The molecule has 2 amide bonds. The van der Waals surface area contributed by atoms with Crippen LogP contribution >= 0.6 is 0 Å². The molecule has 1 aromatic rings. The Morgan fingerprint density at radius 1 is 1.38 bits per heavy atom. The first kappa shape index (κ1) is 16.2. The van der Waals surface area contributed by atoms with Crippen LogP contribution in [0.15, 0.2) is 18.2 Å². The monoisotopic (exact) mass is 284 g/mol. The van der Waals surface area contributed by atoms with Gasteiger partial charge in [-0.05, 0) is 25.5 Å². The fraction of sp³-hybridized carbons (Fsp3) is 0.333. The zero-order valence-corrected chi connectivity index (χ0v) is 12.2. The highest BCUT2D eigenvalue weighted by Gasteiger charge is 2.23. The highest BCUT2D eigenvalue weighted by atomic mass is 16.2. The van der Waals surface area contributed by atoms with Crippen molar-refractivity contribution in [1.82, 2.24) is 4.90 Å². The van der Waals surface area contributed by atoms with E-state index in [1.54, 1.807) is 32.0 Å². The second-order valence-electron chi connectivity index (χ2n) is 4.69. The van der Waals surface area contributed by atoms with E-state index in [4.69, 9.17) is 10.5 Å². The number of anilines is 1. The van der Waals surface area contributed by atoms with Gasteiger partial charge in [-0.2, -0.15) is 10.5 Å². The Morgan fingerprint density at radius 2 is 2.05 bits per heavy atom. The van der Waals surface area contributed by atoms with Gasteiger partial charge in [0.15, 0.2) is 0 Å². The average molecular weight is 284 g/mol. The summed E-state index contributed by atoms with van der Waals surface area (Å²) in [5, 5.41) is 20.1. The maximum Gasteiger partial charge on any atom is 0.313 e. The maximum atomic E-state index is 12.0. The minimum absolute atomic E-state index is 0.142. The van der Waals surface area contributed by atoms with Gasteiger partial charge in [-0.25, -0.2) is 0 Å². The lowest BCUT2D eigenvalue weighted by Crippen LogP contribution is -2.42. The van der Waals surface area contributed by atoms with Crippen molar-refractivity contribution in [3.63, 3.8) is 0 Å². The van der Waals surface area contributed by atoms with Crippen molar-refractivity contribution < 1.29 is 9.59 Å². The molecule has 0 bridgehead atoms. The molecular formula is C15H16N4O2. The van der Waals surface area contributed by atoms with E-state index in [2.05, 4.69) is 5.32 Å². The normalized spacial score (nSPS) is 10.9. The summed E-state index contributed by atoms with van der Waals surface area (Å²) in [5.74, 6) is -1.58. The number of amides is 2. The van der Waals surface area contributed by atoms with Crippen molar-refractivity contribution in [3.05, 3.63) is 29.3 Å². The first-order valence-electron chi connectivity index (χ1n) is 6.37. The van der Waals surface area contributed by atoms with Crippen LogP contribution in [0.4, 0.5) is 5.69 Å². The third-order valence-electron chi connectivity index (χ3n) is 3.20. The Hall–Kier alpha value is -2.86. The number of aryl methyl sites for hydroxylation is 1. The van der Waals surface area contributed by atoms with Crippen LogP contribution in [-0.4, -0.2) is 29.8 Å². The zero-order valence-electron chi connectivity index (χ0n) is 12.2. The largest absolute Gasteiger partial charge is 0.334 e. The Labute approximate surface area is 123 Å². The lowest BCUT2D eigenvalue weighted by molar-refractivity contribution is -0.143. The number of likely N-dealkylation sites (N-methyl/N-ethyl adjacent to an activating group) is 1. The summed E-state index contributed by atoms with van der Waals surface area (Å²) in [7, 11) is 1.46. The number of rotatable bonds is 3. The van der Waals surface area contributed by atoms with Crippen molar-refractivity contribution in [1.29, 1.82) is 10.5 Å². The van der Waals surface area contributed by atoms with Gasteiger partial charge in [-0.15, -0.1) is 0 Å². The molecule has 0 unspecified atom stereocenters. The molecule has 1 rings (SSSR count). The van der Waals surface area contributed by atoms with Gasteiger partial charge in [0.1, 0.15) is 6.07 Å². The molecule has 0 fully saturated rings. The minimum atomic E-state index is -0.829. The van der Waals surface area contributed by atoms with Crippen molar-refractivity contribution in [2.45, 2.75) is 26.3 Å². The fourth-order valence-electron chi connectivity index (χ4n) is 1.73. The molecule has 6 nitrogen and oxygen atoms in total. The Balaban J connectivity index is 2.88. The molecule has 0 saturated carbocycles. The van der Waals surface area contributed by atoms with Crippen molar-refractivity contribution >= 4 is 17.5 Å². The molecule has 0 aliphatic heterocycles. The van der Waals surface area contributed by atoms with Crippen LogP contribution in [-0.2, 0) is 9.59 Å². The number of carbonyl (C=O) groups is 2. The molecule has 6 heteroatoms. The summed E-state index contributed by atoms with van der Waals surface area (Å²) in [6, 6.07) is 8.59. The first-order chi connectivity index (χ1) is 9.92. The van der Waals surface area contributed by atoms with Gasteiger partial charge in [-0.3, -0.25) is 9.59 Å². The Kier molecular flexibility index (Phi) is 5.45. The van der Waals surface area contributed by atoms with Gasteiger partial charge in [-0.1, -0.05) is 12.1 Å². The summed E-state index contributed by atoms with van der Waals surface area (Å²) in [6.07, 6.45) is 0.142. The third-order valence-corrected chi connectivity index (χ3v) is 3.20. The number of hydrogen-bond donors (Lipinski definition) is 1. The molecule has 0 aliphatic carbocycles. The molecule has 1 aromatic carbocycles. The molecule has 1 atom stereocenters. The van der Waals surface area contributed by atoms with Crippen LogP contribution in [0.25, 0.3) is 0 Å². The van der Waals surface area contributed by atoms with Gasteiger partial charge < -0.3 is 10.2 Å². The number of nitrogens with one attached hydrogen (secondary N) is 1. The van der Waals surface area contributed by atoms with E-state index in [-0.39, 0.29) is 12.5 Å². The summed E-state index contributed by atoms with van der Waals surface area (Å²) in [5.41, 5.74) is 1.34. The Morgan fingerprint density at radius 3 is 2.62 bits per heavy atom. The smallest absolute Gasteiger partial charge is 0.313 e. The van der Waals surface area contributed by atoms with E-state index in [1.165, 1.54) is 11.9 Å². The van der Waals surface area contributed by atoms with Crippen LogP contribution in [0, 0.1) is 29.6 Å². The SMILES string of the molecule is Cc1cccc(NC(=O)C(=O)N(C)[C@@H](C)CC#N)c1C#N. The van der Waals surface area contributed by atoms with E-state index < -0.39 is 11.8 Å². The topological polar surface area (TPSA) is 97.0 Å². The summed E-state index contributed by atoms with van der Waals surface area (Å²) >= 11 is 0. The van der Waals surface area contributed by atoms with Crippen LogP contribution in [0.5, 0.6) is 0 Å². The van der Waals surface area contributed by atoms with Gasteiger partial charge >= 0.3 is 11.8 Å². The van der Waals surface area contributed by atoms with Gasteiger partial charge in [0.05, 0.1) is 23.7 Å². The summed E-state index contributed by atoms with van der Waals surface area (Å²) < 4.78 is 0. The molecule has 0 aliphatic rings. The average Bonchev–Trinajstić information content (AvgIpc) is 2.46.